The van der Waals surface area contributed by atoms with E-state index in [4.69, 9.17) is 9.90 Å². The molecule has 0 aliphatic heterocycles. The van der Waals surface area contributed by atoms with E-state index in [9.17, 15) is 31.5 Å². The third-order valence-corrected chi connectivity index (χ3v) is 5.88. The van der Waals surface area contributed by atoms with E-state index in [1.807, 2.05) is 18.7 Å². The highest BCUT2D eigenvalue weighted by molar-refractivity contribution is 9.10. The first-order valence-electron chi connectivity index (χ1n) is 8.93. The Labute approximate surface area is 190 Å². The first-order valence-corrected chi connectivity index (χ1v) is 11.2. The van der Waals surface area contributed by atoms with Gasteiger partial charge in [-0.15, -0.1) is 0 Å². The molecule has 176 valence electrons. The molecular weight excluding hydrogens is 521 g/mol. The van der Waals surface area contributed by atoms with Crippen molar-refractivity contribution in [2.45, 2.75) is 24.9 Å². The number of alkyl halides is 3. The second-order valence-corrected chi connectivity index (χ2v) is 8.67. The Hall–Kier alpha value is -2.80. The zero-order valence-corrected chi connectivity index (χ0v) is 19.3. The van der Waals surface area contributed by atoms with Crippen molar-refractivity contribution in [2.75, 3.05) is 22.7 Å². The minimum absolute atomic E-state index is 0.0553. The number of benzene rings is 2. The largest absolute Gasteiger partial charge is 0.490 e. The van der Waals surface area contributed by atoms with Gasteiger partial charge in [-0.3, -0.25) is 4.72 Å². The van der Waals surface area contributed by atoms with Crippen LogP contribution in [0.1, 0.15) is 24.2 Å². The molecule has 0 aliphatic rings. The van der Waals surface area contributed by atoms with E-state index in [-0.39, 0.29) is 16.1 Å². The Kier molecular flexibility index (Phi) is 9.51. The number of hydrogen-bond donors (Lipinski definition) is 3. The van der Waals surface area contributed by atoms with Gasteiger partial charge in [-0.1, -0.05) is 15.9 Å². The number of hydrogen-bond acceptors (Lipinski definition) is 5. The van der Waals surface area contributed by atoms with Crippen molar-refractivity contribution in [2.24, 2.45) is 0 Å². The summed E-state index contributed by atoms with van der Waals surface area (Å²) in [6.07, 6.45) is -5.08. The van der Waals surface area contributed by atoms with Crippen LogP contribution in [0.15, 0.2) is 51.8 Å². The molecule has 0 bridgehead atoms. The lowest BCUT2D eigenvalue weighted by atomic mass is 10.1. The maximum Gasteiger partial charge on any atom is 0.490 e. The highest BCUT2D eigenvalue weighted by atomic mass is 79.9. The van der Waals surface area contributed by atoms with E-state index in [1.54, 1.807) is 24.3 Å². The molecule has 0 unspecified atom stereocenters. The Balaban J connectivity index is 0.000000633. The second kappa shape index (κ2) is 11.2. The van der Waals surface area contributed by atoms with Gasteiger partial charge in [0.2, 0.25) is 0 Å². The number of carboxylic acids is 2. The molecule has 0 saturated heterocycles. The van der Waals surface area contributed by atoms with Gasteiger partial charge in [0.25, 0.3) is 10.0 Å². The fraction of sp³-hybridized carbons (Fsp3) is 0.263. The smallest absolute Gasteiger partial charge is 0.478 e. The first kappa shape index (κ1) is 27.2. The lowest BCUT2D eigenvalue weighted by molar-refractivity contribution is -0.192. The minimum Gasteiger partial charge on any atom is -0.478 e. The fourth-order valence-electron chi connectivity index (χ4n) is 2.44. The number of carbonyl (C=O) groups is 2. The normalized spacial score (nSPS) is 11.2. The number of nitrogens with zero attached hydrogens (tertiary/aromatic N) is 1. The van der Waals surface area contributed by atoms with Gasteiger partial charge < -0.3 is 15.1 Å². The zero-order valence-electron chi connectivity index (χ0n) is 16.9. The van der Waals surface area contributed by atoms with Crippen molar-refractivity contribution < 1.29 is 41.4 Å². The molecule has 3 N–H and O–H groups in total. The summed E-state index contributed by atoms with van der Waals surface area (Å²) >= 11 is 3.25. The van der Waals surface area contributed by atoms with Crippen molar-refractivity contribution in [3.63, 3.8) is 0 Å². The van der Waals surface area contributed by atoms with E-state index in [0.29, 0.717) is 18.8 Å². The van der Waals surface area contributed by atoms with Crippen LogP contribution in [0.5, 0.6) is 0 Å². The van der Waals surface area contributed by atoms with Gasteiger partial charge >= 0.3 is 18.1 Å². The number of anilines is 2. The van der Waals surface area contributed by atoms with E-state index < -0.39 is 28.1 Å². The number of carboxylic acid groups (broad SMARTS) is 2. The molecule has 0 amide bonds. The predicted molar refractivity (Wildman–Crippen MR) is 116 cm³/mol. The summed E-state index contributed by atoms with van der Waals surface area (Å²) in [5.74, 6) is -3.86. The topological polar surface area (TPSA) is 124 Å². The SMILES string of the molecule is CCN(CC)c1ccc(NS(=O)(=O)c2ccc(Br)cc2)cc1C(=O)O.O=C(O)C(F)(F)F. The van der Waals surface area contributed by atoms with Crippen LogP contribution in [0.25, 0.3) is 0 Å². The third kappa shape index (κ3) is 7.71. The van der Waals surface area contributed by atoms with Crippen molar-refractivity contribution in [3.8, 4) is 0 Å². The molecule has 13 heteroatoms. The van der Waals surface area contributed by atoms with E-state index in [1.165, 1.54) is 18.2 Å². The van der Waals surface area contributed by atoms with Crippen molar-refractivity contribution in [1.29, 1.82) is 0 Å². The van der Waals surface area contributed by atoms with Gasteiger partial charge in [0.15, 0.2) is 0 Å². The predicted octanol–water partition coefficient (Wildman–Crippen LogP) is 4.43. The quantitative estimate of drug-likeness (QED) is 0.474. The summed E-state index contributed by atoms with van der Waals surface area (Å²) in [6.45, 7) is 5.17. The van der Waals surface area contributed by atoms with Gasteiger partial charge in [-0.05, 0) is 56.3 Å². The van der Waals surface area contributed by atoms with E-state index in [0.717, 1.165) is 4.47 Å². The molecule has 2 rings (SSSR count). The van der Waals surface area contributed by atoms with Gasteiger partial charge in [-0.2, -0.15) is 13.2 Å². The van der Waals surface area contributed by atoms with Crippen LogP contribution in [-0.4, -0.2) is 49.8 Å². The fourth-order valence-corrected chi connectivity index (χ4v) is 3.75. The molecule has 0 heterocycles. The summed E-state index contributed by atoms with van der Waals surface area (Å²) in [5.41, 5.74) is 0.819. The van der Waals surface area contributed by atoms with Crippen molar-refractivity contribution in [1.82, 2.24) is 0 Å². The van der Waals surface area contributed by atoms with E-state index in [2.05, 4.69) is 20.7 Å². The summed E-state index contributed by atoms with van der Waals surface area (Å²) in [6, 6.07) is 10.7. The summed E-state index contributed by atoms with van der Waals surface area (Å²) in [5, 5.41) is 16.6. The van der Waals surface area contributed by atoms with Crippen molar-refractivity contribution >= 4 is 49.3 Å². The third-order valence-electron chi connectivity index (χ3n) is 3.95. The molecule has 0 aliphatic carbocycles. The van der Waals surface area contributed by atoms with Gasteiger partial charge in [0.1, 0.15) is 0 Å². The van der Waals surface area contributed by atoms with Crippen molar-refractivity contribution in [3.05, 3.63) is 52.5 Å². The molecule has 8 nitrogen and oxygen atoms in total. The Morgan fingerprint density at radius 3 is 1.94 bits per heavy atom. The molecule has 2 aromatic carbocycles. The molecule has 0 spiro atoms. The molecule has 0 fully saturated rings. The molecule has 0 atom stereocenters. The van der Waals surface area contributed by atoms with Crippen LogP contribution >= 0.6 is 15.9 Å². The number of aliphatic carboxylic acids is 1. The molecular formula is C19H20BrF3N2O6S. The first-order chi connectivity index (χ1) is 14.7. The summed E-state index contributed by atoms with van der Waals surface area (Å²) < 4.78 is 59.8. The summed E-state index contributed by atoms with van der Waals surface area (Å²) in [4.78, 5) is 22.5. The molecule has 32 heavy (non-hydrogen) atoms. The number of aromatic carboxylic acids is 1. The van der Waals surface area contributed by atoms with Crippen LogP contribution in [0, 0.1) is 0 Å². The van der Waals surface area contributed by atoms with Gasteiger partial charge in [0, 0.05) is 23.2 Å². The van der Waals surface area contributed by atoms with Gasteiger partial charge in [-0.25, -0.2) is 18.0 Å². The average Bonchev–Trinajstić information content (AvgIpc) is 2.69. The molecule has 0 radical (unpaired) electrons. The van der Waals surface area contributed by atoms with Crippen LogP contribution < -0.4 is 9.62 Å². The Bertz CT molecular complexity index is 1060. The number of halogens is 4. The minimum atomic E-state index is -5.08. The lowest BCUT2D eigenvalue weighted by Gasteiger charge is -2.23. The molecule has 0 saturated carbocycles. The number of rotatable bonds is 7. The monoisotopic (exact) mass is 540 g/mol. The summed E-state index contributed by atoms with van der Waals surface area (Å²) in [7, 11) is -3.79. The maximum atomic E-state index is 12.4. The lowest BCUT2D eigenvalue weighted by Crippen LogP contribution is -2.24. The van der Waals surface area contributed by atoms with Gasteiger partial charge in [0.05, 0.1) is 16.1 Å². The molecule has 0 aromatic heterocycles. The van der Waals surface area contributed by atoms with E-state index >= 15 is 0 Å². The Morgan fingerprint density at radius 2 is 1.53 bits per heavy atom. The van der Waals surface area contributed by atoms with Crippen LogP contribution in [-0.2, 0) is 14.8 Å². The molecule has 2 aromatic rings. The van der Waals surface area contributed by atoms with Crippen LogP contribution in [0.3, 0.4) is 0 Å². The number of sulfonamides is 1. The maximum absolute atomic E-state index is 12.4. The average molecular weight is 541 g/mol. The second-order valence-electron chi connectivity index (χ2n) is 6.07. The number of nitrogens with one attached hydrogen (secondary N) is 1. The highest BCUT2D eigenvalue weighted by Gasteiger charge is 2.38. The zero-order chi connectivity index (χ0) is 24.7. The highest BCUT2D eigenvalue weighted by Crippen LogP contribution is 2.26. The van der Waals surface area contributed by atoms with Crippen LogP contribution in [0.2, 0.25) is 0 Å². The van der Waals surface area contributed by atoms with Crippen LogP contribution in [0.4, 0.5) is 24.5 Å². The standard InChI is InChI=1S/C17H19BrN2O4S.C2HF3O2/c1-3-20(4-2)16-10-7-13(11-15(16)17(21)22)19-25(23,24)14-8-5-12(18)6-9-14;3-2(4,5)1(6)7/h5-11,19H,3-4H2,1-2H3,(H,21,22);(H,6,7). The Morgan fingerprint density at radius 1 is 1.03 bits per heavy atom.